The normalized spacial score (nSPS) is 16.7. The summed E-state index contributed by atoms with van der Waals surface area (Å²) in [7, 11) is 4.52. The molecule has 13 nitrogen and oxygen atoms in total. The Labute approximate surface area is 249 Å². The van der Waals surface area contributed by atoms with Crippen LogP contribution in [0.5, 0.6) is 17.2 Å². The summed E-state index contributed by atoms with van der Waals surface area (Å²) in [6.45, 7) is 1.73. The Hall–Kier alpha value is -4.55. The number of rotatable bonds is 9. The zero-order valence-electron chi connectivity index (χ0n) is 23.2. The van der Waals surface area contributed by atoms with Gasteiger partial charge in [0.05, 0.1) is 44.6 Å². The smallest absolute Gasteiger partial charge is 0.236 e. The first-order chi connectivity index (χ1) is 20.3. The predicted octanol–water partition coefficient (Wildman–Crippen LogP) is 3.90. The highest BCUT2D eigenvalue weighted by molar-refractivity contribution is 8.01. The van der Waals surface area contributed by atoms with Crippen molar-refractivity contribution in [1.29, 1.82) is 5.26 Å². The summed E-state index contributed by atoms with van der Waals surface area (Å²) in [6, 6.07) is 7.21. The van der Waals surface area contributed by atoms with Gasteiger partial charge in [-0.1, -0.05) is 28.3 Å². The number of methoxy groups -OCH3 is 3. The van der Waals surface area contributed by atoms with E-state index in [0.29, 0.717) is 74.4 Å². The Morgan fingerprint density at radius 1 is 1.19 bits per heavy atom. The van der Waals surface area contributed by atoms with Crippen molar-refractivity contribution >= 4 is 45.7 Å². The molecule has 0 saturated carbocycles. The number of Topliss-reactive ketones (excluding diaryl/α,β-unsaturated/α-hetero) is 1. The number of aromatic nitrogens is 3. The number of nitrogens with zero attached hydrogens (tertiary/aromatic N) is 5. The average molecular weight is 610 g/mol. The van der Waals surface area contributed by atoms with E-state index >= 15 is 0 Å². The highest BCUT2D eigenvalue weighted by Crippen LogP contribution is 2.50. The summed E-state index contributed by atoms with van der Waals surface area (Å²) in [4.78, 5) is 27.5. The number of nitrogens with one attached hydrogen (secondary N) is 1. The Balaban J connectivity index is 1.50. The molecule has 15 heteroatoms. The Morgan fingerprint density at radius 2 is 1.93 bits per heavy atom. The second kappa shape index (κ2) is 12.1. The van der Waals surface area contributed by atoms with Gasteiger partial charge in [-0.3, -0.25) is 14.5 Å². The Bertz CT molecular complexity index is 1650. The van der Waals surface area contributed by atoms with Crippen LogP contribution in [0.4, 0.5) is 10.9 Å². The third-order valence-electron chi connectivity index (χ3n) is 6.77. The number of carbonyl (C=O) groups excluding carboxylic acids is 2. The van der Waals surface area contributed by atoms with Gasteiger partial charge < -0.3 is 29.8 Å². The van der Waals surface area contributed by atoms with Crippen molar-refractivity contribution < 1.29 is 28.3 Å². The topological polar surface area (TPSA) is 179 Å². The van der Waals surface area contributed by atoms with Crippen molar-refractivity contribution in [3.8, 4) is 23.3 Å². The molecule has 218 valence electrons. The number of ether oxygens (including phenoxy) is 3. The Morgan fingerprint density at radius 3 is 2.60 bits per heavy atom. The quantitative estimate of drug-likeness (QED) is 0.334. The summed E-state index contributed by atoms with van der Waals surface area (Å²) in [5.74, 6) is 1.23. The van der Waals surface area contributed by atoms with Crippen LogP contribution in [0.15, 0.2) is 49.7 Å². The van der Waals surface area contributed by atoms with E-state index in [1.54, 1.807) is 30.0 Å². The molecular weight excluding hydrogens is 582 g/mol. The molecular formula is C27H27N7O6S2. The van der Waals surface area contributed by atoms with Crippen molar-refractivity contribution in [2.75, 3.05) is 37.3 Å². The number of nitrogens with two attached hydrogens (primary N) is 1. The third-order valence-corrected chi connectivity index (χ3v) is 8.81. The van der Waals surface area contributed by atoms with Gasteiger partial charge in [0.15, 0.2) is 27.4 Å². The molecule has 0 fully saturated rings. The molecule has 1 amide bonds. The van der Waals surface area contributed by atoms with Crippen LogP contribution in [0.25, 0.3) is 0 Å². The largest absolute Gasteiger partial charge is 0.496 e. The maximum atomic E-state index is 13.5. The zero-order chi connectivity index (χ0) is 30.0. The van der Waals surface area contributed by atoms with Crippen LogP contribution in [-0.2, 0) is 9.59 Å². The molecule has 3 N–H and O–H groups in total. The van der Waals surface area contributed by atoms with Gasteiger partial charge in [-0.15, -0.1) is 10.2 Å². The molecule has 0 bridgehead atoms. The molecule has 0 radical (unpaired) electrons. The number of anilines is 2. The van der Waals surface area contributed by atoms with Gasteiger partial charge in [0.2, 0.25) is 11.0 Å². The van der Waals surface area contributed by atoms with Crippen LogP contribution in [0.3, 0.4) is 0 Å². The fourth-order valence-corrected chi connectivity index (χ4v) is 6.66. The molecule has 42 heavy (non-hydrogen) atoms. The summed E-state index contributed by atoms with van der Waals surface area (Å²) >= 11 is 2.39. The number of ketones is 1. The first-order valence-corrected chi connectivity index (χ1v) is 14.5. The monoisotopic (exact) mass is 609 g/mol. The molecule has 1 aliphatic heterocycles. The number of amides is 1. The van der Waals surface area contributed by atoms with E-state index < -0.39 is 5.92 Å². The van der Waals surface area contributed by atoms with Crippen molar-refractivity contribution in [2.45, 2.75) is 36.4 Å². The number of carbonyl (C=O) groups is 2. The van der Waals surface area contributed by atoms with Gasteiger partial charge in [-0.2, -0.15) is 5.26 Å². The van der Waals surface area contributed by atoms with Crippen LogP contribution in [-0.4, -0.2) is 54.1 Å². The second-order valence-corrected chi connectivity index (χ2v) is 11.5. The number of thioether (sulfide) groups is 1. The molecule has 2 aromatic heterocycles. The lowest BCUT2D eigenvalue weighted by Crippen LogP contribution is -2.38. The van der Waals surface area contributed by atoms with Crippen LogP contribution in [0.2, 0.25) is 0 Å². The summed E-state index contributed by atoms with van der Waals surface area (Å²) < 4.78 is 22.1. The fraction of sp³-hybridized carbons (Fsp3) is 0.333. The van der Waals surface area contributed by atoms with Crippen LogP contribution in [0, 0.1) is 18.3 Å². The molecule has 3 aromatic rings. The maximum absolute atomic E-state index is 13.5. The van der Waals surface area contributed by atoms with Crippen LogP contribution < -0.4 is 30.2 Å². The van der Waals surface area contributed by atoms with E-state index in [1.807, 2.05) is 0 Å². The number of hydrogen-bond acceptors (Lipinski definition) is 14. The highest BCUT2D eigenvalue weighted by atomic mass is 32.2. The molecule has 0 spiro atoms. The van der Waals surface area contributed by atoms with Gasteiger partial charge >= 0.3 is 0 Å². The number of hydrogen-bond donors (Lipinski definition) is 2. The van der Waals surface area contributed by atoms with Gasteiger partial charge in [0.25, 0.3) is 0 Å². The standard InChI is InChI=1S/C27H27N7O6S2/c1-13-8-21(33-40-13)30-22(36)12-41-27-32-31-26(42-27)34-16-6-5-7-17(35)24(16)23(15(11-28)25(34)29)14-9-19(38-3)20(39-4)10-18(14)37-2/h8-10,23H,5-7,12,29H2,1-4H3,(H,30,33,36). The highest BCUT2D eigenvalue weighted by Gasteiger charge is 2.42. The number of benzene rings is 1. The van der Waals surface area contributed by atoms with Crippen molar-refractivity contribution in [2.24, 2.45) is 5.73 Å². The minimum absolute atomic E-state index is 0.0584. The van der Waals surface area contributed by atoms with Crippen molar-refractivity contribution in [3.63, 3.8) is 0 Å². The molecule has 3 heterocycles. The van der Waals surface area contributed by atoms with Crippen molar-refractivity contribution in [3.05, 3.63) is 52.2 Å². The van der Waals surface area contributed by atoms with Gasteiger partial charge in [0, 0.05) is 35.4 Å². The molecule has 1 aliphatic carbocycles. The van der Waals surface area contributed by atoms with E-state index in [-0.39, 0.29) is 28.8 Å². The molecule has 1 aromatic carbocycles. The maximum Gasteiger partial charge on any atom is 0.236 e. The lowest BCUT2D eigenvalue weighted by atomic mass is 9.75. The Kier molecular flexibility index (Phi) is 8.36. The first kappa shape index (κ1) is 29.0. The molecule has 5 rings (SSSR count). The van der Waals surface area contributed by atoms with E-state index in [2.05, 4.69) is 26.7 Å². The second-order valence-electron chi connectivity index (χ2n) is 9.28. The van der Waals surface area contributed by atoms with Gasteiger partial charge in [-0.05, 0) is 25.8 Å². The molecule has 1 atom stereocenters. The molecule has 0 saturated heterocycles. The number of nitriles is 1. The minimum Gasteiger partial charge on any atom is -0.496 e. The fourth-order valence-electron chi connectivity index (χ4n) is 4.98. The van der Waals surface area contributed by atoms with Gasteiger partial charge in [-0.25, -0.2) is 0 Å². The minimum atomic E-state index is -0.783. The molecule has 1 unspecified atom stereocenters. The lowest BCUT2D eigenvalue weighted by molar-refractivity contribution is -0.116. The molecule has 2 aliphatic rings. The van der Waals surface area contributed by atoms with Gasteiger partial charge in [0.1, 0.15) is 17.3 Å². The number of aryl methyl sites for hydroxylation is 1. The zero-order valence-corrected chi connectivity index (χ0v) is 24.9. The summed E-state index contributed by atoms with van der Waals surface area (Å²) in [6.07, 6.45) is 1.48. The predicted molar refractivity (Wildman–Crippen MR) is 155 cm³/mol. The lowest BCUT2D eigenvalue weighted by Gasteiger charge is -2.38. The van der Waals surface area contributed by atoms with Crippen molar-refractivity contribution in [1.82, 2.24) is 15.4 Å². The average Bonchev–Trinajstić information content (AvgIpc) is 3.63. The van der Waals surface area contributed by atoms with E-state index in [0.717, 1.165) is 0 Å². The van der Waals surface area contributed by atoms with E-state index in [4.69, 9.17) is 24.5 Å². The summed E-state index contributed by atoms with van der Waals surface area (Å²) in [5.41, 5.74) is 8.50. The third kappa shape index (κ3) is 5.38. The SMILES string of the molecule is COc1cc(OC)c(C2C(C#N)=C(N)N(c3nnc(SCC(=O)Nc4cc(C)on4)s3)C3=C2C(=O)CCC3)cc1OC. The van der Waals surface area contributed by atoms with Crippen LogP contribution >= 0.6 is 23.1 Å². The first-order valence-electron chi connectivity index (χ1n) is 12.7. The van der Waals surface area contributed by atoms with E-state index in [9.17, 15) is 14.9 Å². The van der Waals surface area contributed by atoms with E-state index in [1.165, 1.54) is 44.4 Å². The van der Waals surface area contributed by atoms with Crippen LogP contribution in [0.1, 0.15) is 36.5 Å². The number of allylic oxidation sites excluding steroid dienone is 3. The summed E-state index contributed by atoms with van der Waals surface area (Å²) in [5, 5.41) is 25.7.